The Labute approximate surface area is 179 Å². The van der Waals surface area contributed by atoms with Crippen LogP contribution in [0.4, 0.5) is 0 Å². The van der Waals surface area contributed by atoms with Crippen LogP contribution in [-0.4, -0.2) is 47.0 Å². The fourth-order valence-electron chi connectivity index (χ4n) is 4.35. The first kappa shape index (κ1) is 20.7. The number of esters is 1. The van der Waals surface area contributed by atoms with Gasteiger partial charge >= 0.3 is 5.97 Å². The second kappa shape index (κ2) is 8.63. The van der Waals surface area contributed by atoms with Crippen LogP contribution in [0.5, 0.6) is 0 Å². The summed E-state index contributed by atoms with van der Waals surface area (Å²) in [7, 11) is 0. The monoisotopic (exact) mass is 428 g/mol. The third kappa shape index (κ3) is 3.76. The van der Waals surface area contributed by atoms with Gasteiger partial charge in [-0.3, -0.25) is 19.3 Å². The number of amides is 3. The van der Waals surface area contributed by atoms with E-state index in [1.165, 1.54) is 11.8 Å². The number of fused-ring (bicyclic) bond motifs is 2. The molecule has 1 aliphatic carbocycles. The lowest BCUT2D eigenvalue weighted by atomic mass is 9.84. The van der Waals surface area contributed by atoms with Crippen LogP contribution in [0.3, 0.4) is 0 Å². The smallest absolute Gasteiger partial charge is 0.336 e. The summed E-state index contributed by atoms with van der Waals surface area (Å²) in [6.07, 6.45) is 4.07. The summed E-state index contributed by atoms with van der Waals surface area (Å²) in [6.45, 7) is 2.04. The summed E-state index contributed by atoms with van der Waals surface area (Å²) in [6, 6.07) is 6.65. The van der Waals surface area contributed by atoms with E-state index in [1.807, 2.05) is 0 Å². The Bertz CT molecular complexity index is 906. The van der Waals surface area contributed by atoms with Gasteiger partial charge in [0.05, 0.1) is 28.3 Å². The lowest BCUT2D eigenvalue weighted by molar-refractivity contribution is -0.139. The van der Waals surface area contributed by atoms with E-state index < -0.39 is 0 Å². The molecule has 0 bridgehead atoms. The Balaban J connectivity index is 1.43. The molecule has 0 aromatic heterocycles. The molecule has 30 heavy (non-hydrogen) atoms. The molecule has 158 valence electrons. The zero-order valence-corrected chi connectivity index (χ0v) is 17.6. The average Bonchev–Trinajstić information content (AvgIpc) is 3.22. The first-order chi connectivity index (χ1) is 14.5. The quantitative estimate of drug-likeness (QED) is 0.553. The third-order valence-corrected chi connectivity index (χ3v) is 7.20. The molecule has 1 aromatic rings. The number of thioether (sulfide) groups is 1. The summed E-state index contributed by atoms with van der Waals surface area (Å²) in [5.41, 5.74) is 1.30. The number of nitrogens with zero attached hydrogens (tertiary/aromatic N) is 1. The number of hydrogen-bond donors (Lipinski definition) is 1. The molecule has 1 fully saturated rings. The molecule has 2 aliphatic heterocycles. The maximum absolute atomic E-state index is 12.6. The highest BCUT2D eigenvalue weighted by atomic mass is 32.2. The van der Waals surface area contributed by atoms with Gasteiger partial charge in [0.25, 0.3) is 11.8 Å². The molecule has 7 nitrogen and oxygen atoms in total. The third-order valence-electron chi connectivity index (χ3n) is 5.78. The van der Waals surface area contributed by atoms with Crippen LogP contribution in [-0.2, 0) is 14.3 Å². The van der Waals surface area contributed by atoms with Crippen LogP contribution in [0.15, 0.2) is 34.9 Å². The van der Waals surface area contributed by atoms with Crippen molar-refractivity contribution >= 4 is 35.5 Å². The zero-order chi connectivity index (χ0) is 21.3. The Kier molecular flexibility index (Phi) is 5.94. The maximum Gasteiger partial charge on any atom is 0.336 e. The largest absolute Gasteiger partial charge is 0.463 e. The van der Waals surface area contributed by atoms with Crippen molar-refractivity contribution in [3.63, 3.8) is 0 Å². The lowest BCUT2D eigenvalue weighted by Crippen LogP contribution is -2.34. The van der Waals surface area contributed by atoms with Gasteiger partial charge in [-0.05, 0) is 31.9 Å². The van der Waals surface area contributed by atoms with E-state index in [4.69, 9.17) is 4.74 Å². The molecule has 3 amide bonds. The van der Waals surface area contributed by atoms with Crippen LogP contribution in [0.2, 0.25) is 0 Å². The second-order valence-corrected chi connectivity index (χ2v) is 8.87. The Morgan fingerprint density at radius 3 is 2.47 bits per heavy atom. The van der Waals surface area contributed by atoms with Gasteiger partial charge in [0.1, 0.15) is 0 Å². The normalized spacial score (nSPS) is 22.8. The highest BCUT2D eigenvalue weighted by molar-refractivity contribution is 8.04. The average molecular weight is 429 g/mol. The number of ether oxygens (including phenoxy) is 1. The molecule has 3 aliphatic rings. The van der Waals surface area contributed by atoms with Crippen LogP contribution >= 0.6 is 11.8 Å². The van der Waals surface area contributed by atoms with Crippen LogP contribution in [0, 0.1) is 5.92 Å². The second-order valence-electron chi connectivity index (χ2n) is 7.62. The van der Waals surface area contributed by atoms with Crippen LogP contribution in [0.1, 0.15) is 59.7 Å². The van der Waals surface area contributed by atoms with E-state index in [-0.39, 0.29) is 54.4 Å². The SMILES string of the molecule is CCOC(=O)C1=C(NC(=O)CCN2C(=O)c3ccccc3C2=O)SC2CCCCC12. The van der Waals surface area contributed by atoms with Crippen molar-refractivity contribution < 1.29 is 23.9 Å². The van der Waals surface area contributed by atoms with Crippen molar-refractivity contribution in [1.82, 2.24) is 10.2 Å². The van der Waals surface area contributed by atoms with Gasteiger partial charge in [0.15, 0.2) is 0 Å². The summed E-state index contributed by atoms with van der Waals surface area (Å²) in [5, 5.41) is 3.70. The van der Waals surface area contributed by atoms with Crippen molar-refractivity contribution in [2.45, 2.75) is 44.3 Å². The minimum atomic E-state index is -0.379. The van der Waals surface area contributed by atoms with E-state index in [2.05, 4.69) is 5.32 Å². The van der Waals surface area contributed by atoms with Gasteiger partial charge in [0, 0.05) is 24.1 Å². The number of rotatable bonds is 6. The molecular weight excluding hydrogens is 404 g/mol. The van der Waals surface area contributed by atoms with Crippen molar-refractivity contribution in [2.75, 3.05) is 13.2 Å². The predicted molar refractivity (Wildman–Crippen MR) is 112 cm³/mol. The lowest BCUT2D eigenvalue weighted by Gasteiger charge is -2.25. The molecule has 4 rings (SSSR count). The molecule has 1 saturated carbocycles. The fourth-order valence-corrected chi connectivity index (χ4v) is 5.90. The van der Waals surface area contributed by atoms with Crippen LogP contribution < -0.4 is 5.32 Å². The van der Waals surface area contributed by atoms with Crippen molar-refractivity contribution in [1.29, 1.82) is 0 Å². The predicted octanol–water partition coefficient (Wildman–Crippen LogP) is 2.87. The van der Waals surface area contributed by atoms with E-state index >= 15 is 0 Å². The number of nitrogens with one attached hydrogen (secondary N) is 1. The molecule has 0 spiro atoms. The standard InChI is InChI=1S/C22H24N2O5S/c1-2-29-22(28)18-15-9-5-6-10-16(15)30-19(18)23-17(25)11-12-24-20(26)13-7-3-4-8-14(13)21(24)27/h3-4,7-8,15-16H,2,5-6,9-12H2,1H3,(H,23,25). The highest BCUT2D eigenvalue weighted by Gasteiger charge is 2.42. The van der Waals surface area contributed by atoms with Crippen LogP contribution in [0.25, 0.3) is 0 Å². The molecule has 0 radical (unpaired) electrons. The topological polar surface area (TPSA) is 92.8 Å². The first-order valence-electron chi connectivity index (χ1n) is 10.3. The summed E-state index contributed by atoms with van der Waals surface area (Å²) >= 11 is 1.53. The summed E-state index contributed by atoms with van der Waals surface area (Å²) in [4.78, 5) is 51.1. The van der Waals surface area contributed by atoms with Gasteiger partial charge in [-0.15, -0.1) is 11.8 Å². The van der Waals surface area contributed by atoms with Crippen molar-refractivity contribution in [3.8, 4) is 0 Å². The first-order valence-corrected chi connectivity index (χ1v) is 11.2. The summed E-state index contributed by atoms with van der Waals surface area (Å²) in [5.74, 6) is -1.34. The molecule has 8 heteroatoms. The zero-order valence-electron chi connectivity index (χ0n) is 16.8. The number of hydrogen-bond acceptors (Lipinski definition) is 6. The maximum atomic E-state index is 12.6. The Morgan fingerprint density at radius 2 is 1.80 bits per heavy atom. The Hall–Kier alpha value is -2.61. The summed E-state index contributed by atoms with van der Waals surface area (Å²) < 4.78 is 5.23. The van der Waals surface area contributed by atoms with Gasteiger partial charge in [-0.1, -0.05) is 25.0 Å². The van der Waals surface area contributed by atoms with Crippen molar-refractivity contribution in [3.05, 3.63) is 46.0 Å². The van der Waals surface area contributed by atoms with Gasteiger partial charge in [-0.2, -0.15) is 0 Å². The minimum Gasteiger partial charge on any atom is -0.463 e. The molecule has 2 atom stereocenters. The number of carbonyl (C=O) groups excluding carboxylic acids is 4. The molecule has 1 aromatic carbocycles. The molecule has 2 heterocycles. The molecular formula is C22H24N2O5S. The molecule has 2 unspecified atom stereocenters. The van der Waals surface area contributed by atoms with E-state index in [9.17, 15) is 19.2 Å². The van der Waals surface area contributed by atoms with E-state index in [0.29, 0.717) is 21.7 Å². The van der Waals surface area contributed by atoms with Gasteiger partial charge < -0.3 is 10.1 Å². The van der Waals surface area contributed by atoms with Gasteiger partial charge in [-0.25, -0.2) is 4.79 Å². The minimum absolute atomic E-state index is 0.00226. The highest BCUT2D eigenvalue weighted by Crippen LogP contribution is 2.48. The van der Waals surface area contributed by atoms with E-state index in [1.54, 1.807) is 31.2 Å². The van der Waals surface area contributed by atoms with Crippen molar-refractivity contribution in [2.24, 2.45) is 5.92 Å². The van der Waals surface area contributed by atoms with E-state index in [0.717, 1.165) is 30.6 Å². The molecule has 0 saturated heterocycles. The Morgan fingerprint density at radius 1 is 1.13 bits per heavy atom. The van der Waals surface area contributed by atoms with Gasteiger partial charge in [0.2, 0.25) is 5.91 Å². The number of carbonyl (C=O) groups is 4. The number of benzene rings is 1. The number of imide groups is 1. The fraction of sp³-hybridized carbons (Fsp3) is 0.455. The molecule has 1 N–H and O–H groups in total.